The van der Waals surface area contributed by atoms with Gasteiger partial charge in [-0.25, -0.2) is 4.98 Å². The molecule has 37 heavy (non-hydrogen) atoms. The summed E-state index contributed by atoms with van der Waals surface area (Å²) in [5.74, 6) is 1.01. The summed E-state index contributed by atoms with van der Waals surface area (Å²) in [6.07, 6.45) is 3.99. The van der Waals surface area contributed by atoms with Gasteiger partial charge in [0.05, 0.1) is 12.5 Å². The molecule has 0 amide bonds. The second-order valence-electron chi connectivity index (χ2n) is 10.8. The molecule has 3 heterocycles. The SMILES string of the molecule is CC1CCN(Cc2ccc(-c3cn(C4CCC(O)CC4)c4nc(NCCC(F)(F)F)ncc34)cc2)CC1. The Balaban J connectivity index is 1.40. The summed E-state index contributed by atoms with van der Waals surface area (Å²) in [4.78, 5) is 11.5. The van der Waals surface area contributed by atoms with Crippen LogP contribution in [0.5, 0.6) is 0 Å². The second kappa shape index (κ2) is 11.0. The first-order chi connectivity index (χ1) is 17.7. The summed E-state index contributed by atoms with van der Waals surface area (Å²) in [6, 6.07) is 8.82. The van der Waals surface area contributed by atoms with Crippen molar-refractivity contribution in [2.75, 3.05) is 25.0 Å². The molecule has 6 nitrogen and oxygen atoms in total. The third-order valence-corrected chi connectivity index (χ3v) is 7.87. The fourth-order valence-corrected chi connectivity index (χ4v) is 5.54. The maximum absolute atomic E-state index is 12.6. The molecule has 3 aromatic rings. The maximum atomic E-state index is 12.6. The van der Waals surface area contributed by atoms with Crippen molar-refractivity contribution >= 4 is 17.0 Å². The van der Waals surface area contributed by atoms with Gasteiger partial charge >= 0.3 is 6.18 Å². The molecule has 0 radical (unpaired) electrons. The van der Waals surface area contributed by atoms with Crippen LogP contribution in [0.15, 0.2) is 36.7 Å². The number of nitrogens with zero attached hydrogens (tertiary/aromatic N) is 4. The quantitative estimate of drug-likeness (QED) is 0.394. The number of anilines is 1. The number of aromatic nitrogens is 3. The van der Waals surface area contributed by atoms with E-state index in [-0.39, 0.29) is 24.6 Å². The normalized spacial score (nSPS) is 22.0. The van der Waals surface area contributed by atoms with Crippen molar-refractivity contribution in [3.8, 4) is 11.1 Å². The number of alkyl halides is 3. The molecule has 200 valence electrons. The fraction of sp³-hybridized carbons (Fsp3) is 0.571. The van der Waals surface area contributed by atoms with Crippen LogP contribution in [-0.4, -0.2) is 56.5 Å². The van der Waals surface area contributed by atoms with Crippen molar-refractivity contribution in [1.29, 1.82) is 0 Å². The number of aliphatic hydroxyl groups excluding tert-OH is 1. The standard InChI is InChI=1S/C28H36F3N5O/c1-19-10-14-35(15-11-19)17-20-2-4-21(5-3-20)25-18-36(22-6-8-23(37)9-7-22)26-24(25)16-33-27(34-26)32-13-12-28(29,30)31/h2-5,16,18-19,22-23,37H,6-15,17H2,1H3,(H,32,33,34). The van der Waals surface area contributed by atoms with E-state index in [1.54, 1.807) is 6.20 Å². The van der Waals surface area contributed by atoms with Gasteiger partial charge < -0.3 is 15.0 Å². The van der Waals surface area contributed by atoms with Crippen molar-refractivity contribution in [1.82, 2.24) is 19.4 Å². The highest BCUT2D eigenvalue weighted by Gasteiger charge is 2.27. The predicted molar refractivity (Wildman–Crippen MR) is 139 cm³/mol. The van der Waals surface area contributed by atoms with Crippen LogP contribution in [-0.2, 0) is 6.54 Å². The highest BCUT2D eigenvalue weighted by atomic mass is 19.4. The first kappa shape index (κ1) is 26.0. The minimum absolute atomic E-state index is 0.179. The topological polar surface area (TPSA) is 66.2 Å². The van der Waals surface area contributed by atoms with Gasteiger partial charge in [0.25, 0.3) is 0 Å². The Hall–Kier alpha value is -2.65. The number of piperidine rings is 1. The van der Waals surface area contributed by atoms with E-state index < -0.39 is 12.6 Å². The Morgan fingerprint density at radius 1 is 1.03 bits per heavy atom. The molecule has 1 saturated heterocycles. The molecule has 0 atom stereocenters. The Kier molecular flexibility index (Phi) is 7.72. The number of fused-ring (bicyclic) bond motifs is 1. The molecule has 0 spiro atoms. The van der Waals surface area contributed by atoms with Crippen LogP contribution in [0.1, 0.15) is 63.5 Å². The van der Waals surface area contributed by atoms with Crippen LogP contribution in [0.3, 0.4) is 0 Å². The zero-order chi connectivity index (χ0) is 26.0. The van der Waals surface area contributed by atoms with Crippen molar-refractivity contribution in [3.05, 3.63) is 42.2 Å². The molecule has 0 unspecified atom stereocenters. The summed E-state index contributed by atoms with van der Waals surface area (Å²) in [5, 5.41) is 13.6. The lowest BCUT2D eigenvalue weighted by Crippen LogP contribution is -2.32. The zero-order valence-corrected chi connectivity index (χ0v) is 21.3. The summed E-state index contributed by atoms with van der Waals surface area (Å²) >= 11 is 0. The van der Waals surface area contributed by atoms with Crippen molar-refractivity contribution in [2.45, 2.75) is 76.7 Å². The lowest BCUT2D eigenvalue weighted by molar-refractivity contribution is -0.131. The molecule has 5 rings (SSSR count). The van der Waals surface area contributed by atoms with E-state index in [9.17, 15) is 18.3 Å². The van der Waals surface area contributed by atoms with Gasteiger partial charge in [-0.3, -0.25) is 4.90 Å². The Morgan fingerprint density at radius 2 is 1.73 bits per heavy atom. The first-order valence-electron chi connectivity index (χ1n) is 13.4. The third kappa shape index (κ3) is 6.44. The molecule has 2 fully saturated rings. The predicted octanol–water partition coefficient (Wildman–Crippen LogP) is 6.17. The summed E-state index contributed by atoms with van der Waals surface area (Å²) in [7, 11) is 0. The van der Waals surface area contributed by atoms with Gasteiger partial charge in [-0.05, 0) is 68.7 Å². The Bertz CT molecular complexity index is 1180. The minimum atomic E-state index is -4.23. The molecular formula is C28H36F3N5O. The largest absolute Gasteiger partial charge is 0.393 e. The van der Waals surface area contributed by atoms with Crippen LogP contribution in [0.25, 0.3) is 22.2 Å². The molecule has 1 aromatic carbocycles. The first-order valence-corrected chi connectivity index (χ1v) is 13.4. The van der Waals surface area contributed by atoms with Crippen LogP contribution in [0, 0.1) is 5.92 Å². The number of halogens is 3. The molecule has 1 aliphatic heterocycles. The van der Waals surface area contributed by atoms with E-state index in [1.165, 1.54) is 18.4 Å². The molecule has 2 aliphatic rings. The number of hydrogen-bond donors (Lipinski definition) is 2. The number of rotatable bonds is 7. The zero-order valence-electron chi connectivity index (χ0n) is 21.3. The molecule has 0 bridgehead atoms. The Labute approximate surface area is 215 Å². The summed E-state index contributed by atoms with van der Waals surface area (Å²) in [6.45, 7) is 5.29. The number of hydrogen-bond acceptors (Lipinski definition) is 5. The molecular weight excluding hydrogens is 479 g/mol. The number of nitrogens with one attached hydrogen (secondary N) is 1. The van der Waals surface area contributed by atoms with E-state index in [2.05, 4.69) is 62.1 Å². The molecule has 9 heteroatoms. The second-order valence-corrected chi connectivity index (χ2v) is 10.8. The molecule has 1 aliphatic carbocycles. The van der Waals surface area contributed by atoms with Gasteiger partial charge in [0.1, 0.15) is 5.65 Å². The average Bonchev–Trinajstić information content (AvgIpc) is 3.24. The third-order valence-electron chi connectivity index (χ3n) is 7.87. The highest BCUT2D eigenvalue weighted by molar-refractivity contribution is 5.94. The van der Waals surface area contributed by atoms with Crippen molar-refractivity contribution < 1.29 is 18.3 Å². The van der Waals surface area contributed by atoms with Gasteiger partial charge in [0.2, 0.25) is 5.95 Å². The molecule has 1 saturated carbocycles. The summed E-state index contributed by atoms with van der Waals surface area (Å²) < 4.78 is 40.0. The van der Waals surface area contributed by atoms with Gasteiger partial charge in [-0.15, -0.1) is 0 Å². The van der Waals surface area contributed by atoms with E-state index in [0.717, 1.165) is 67.7 Å². The monoisotopic (exact) mass is 515 g/mol. The van der Waals surface area contributed by atoms with E-state index in [0.29, 0.717) is 5.65 Å². The van der Waals surface area contributed by atoms with Crippen LogP contribution in [0.2, 0.25) is 0 Å². The maximum Gasteiger partial charge on any atom is 0.390 e. The summed E-state index contributed by atoms with van der Waals surface area (Å²) in [5.41, 5.74) is 4.08. The number of benzene rings is 1. The fourth-order valence-electron chi connectivity index (χ4n) is 5.54. The van der Waals surface area contributed by atoms with E-state index in [4.69, 9.17) is 0 Å². The van der Waals surface area contributed by atoms with Gasteiger partial charge in [0.15, 0.2) is 0 Å². The van der Waals surface area contributed by atoms with Crippen LogP contribution in [0.4, 0.5) is 19.1 Å². The minimum Gasteiger partial charge on any atom is -0.393 e. The highest BCUT2D eigenvalue weighted by Crippen LogP contribution is 2.37. The molecule has 2 aromatic heterocycles. The lowest BCUT2D eigenvalue weighted by Gasteiger charge is -2.30. The Morgan fingerprint density at radius 3 is 2.41 bits per heavy atom. The molecule has 2 N–H and O–H groups in total. The van der Waals surface area contributed by atoms with E-state index >= 15 is 0 Å². The van der Waals surface area contributed by atoms with Gasteiger partial charge in [-0.2, -0.15) is 18.2 Å². The number of likely N-dealkylation sites (tertiary alicyclic amines) is 1. The lowest BCUT2D eigenvalue weighted by atomic mass is 9.93. The average molecular weight is 516 g/mol. The van der Waals surface area contributed by atoms with Gasteiger partial charge in [-0.1, -0.05) is 31.2 Å². The van der Waals surface area contributed by atoms with Crippen LogP contribution >= 0.6 is 0 Å². The van der Waals surface area contributed by atoms with Crippen LogP contribution < -0.4 is 5.32 Å². The van der Waals surface area contributed by atoms with Crippen molar-refractivity contribution in [2.24, 2.45) is 5.92 Å². The number of aliphatic hydroxyl groups is 1. The van der Waals surface area contributed by atoms with E-state index in [1.807, 2.05) is 0 Å². The van der Waals surface area contributed by atoms with Gasteiger partial charge in [0, 0.05) is 42.5 Å². The smallest absolute Gasteiger partial charge is 0.390 e. The van der Waals surface area contributed by atoms with Crippen molar-refractivity contribution in [3.63, 3.8) is 0 Å².